The molecule has 4 nitrogen and oxygen atoms in total. The molecule has 1 aliphatic rings. The molecule has 0 aromatic rings. The summed E-state index contributed by atoms with van der Waals surface area (Å²) in [6, 6.07) is 0. The minimum absolute atomic E-state index is 0.0176. The molecule has 0 aromatic heterocycles. The summed E-state index contributed by atoms with van der Waals surface area (Å²) in [5.74, 6) is 0.0503. The van der Waals surface area contributed by atoms with Crippen LogP contribution in [0.2, 0.25) is 0 Å². The zero-order valence-electron chi connectivity index (χ0n) is 10.8. The van der Waals surface area contributed by atoms with Gasteiger partial charge in [0, 0.05) is 13.6 Å². The van der Waals surface area contributed by atoms with E-state index in [0.29, 0.717) is 6.54 Å². The first-order valence-corrected chi connectivity index (χ1v) is 6.32. The summed E-state index contributed by atoms with van der Waals surface area (Å²) in [5.41, 5.74) is 0. The number of carbonyl (C=O) groups is 2. The third-order valence-corrected chi connectivity index (χ3v) is 2.94. The van der Waals surface area contributed by atoms with Crippen molar-refractivity contribution in [2.75, 3.05) is 26.7 Å². The highest BCUT2D eigenvalue weighted by atomic mass is 16.2. The van der Waals surface area contributed by atoms with Crippen LogP contribution in [0.1, 0.15) is 32.6 Å². The van der Waals surface area contributed by atoms with Crippen molar-refractivity contribution in [3.05, 3.63) is 12.2 Å². The lowest BCUT2D eigenvalue weighted by atomic mass is 10.2. The molecule has 0 saturated carbocycles. The SMILES string of the molecule is CCCCC/C=C/CN1CC(=O)N(C)CC1=O. The number of allylic oxidation sites excluding steroid dienone is 1. The Hall–Kier alpha value is -1.32. The number of amides is 2. The maximum atomic E-state index is 11.6. The first-order valence-electron chi connectivity index (χ1n) is 6.32. The molecule has 0 spiro atoms. The molecular formula is C13H22N2O2. The Balaban J connectivity index is 2.26. The lowest BCUT2D eigenvalue weighted by Gasteiger charge is -2.30. The molecule has 0 radical (unpaired) electrons. The van der Waals surface area contributed by atoms with E-state index in [9.17, 15) is 9.59 Å². The van der Waals surface area contributed by atoms with E-state index in [1.807, 2.05) is 6.08 Å². The number of hydrogen-bond acceptors (Lipinski definition) is 2. The Morgan fingerprint density at radius 1 is 1.12 bits per heavy atom. The highest BCUT2D eigenvalue weighted by molar-refractivity contribution is 5.92. The van der Waals surface area contributed by atoms with Gasteiger partial charge in [0.05, 0.1) is 6.54 Å². The van der Waals surface area contributed by atoms with Crippen LogP contribution in [0.4, 0.5) is 0 Å². The summed E-state index contributed by atoms with van der Waals surface area (Å²) >= 11 is 0. The quantitative estimate of drug-likeness (QED) is 0.519. The fraction of sp³-hybridized carbons (Fsp3) is 0.692. The molecule has 2 amide bonds. The van der Waals surface area contributed by atoms with Crippen LogP contribution >= 0.6 is 0 Å². The molecule has 0 N–H and O–H groups in total. The largest absolute Gasteiger partial charge is 0.335 e. The second-order valence-electron chi connectivity index (χ2n) is 4.49. The average Bonchev–Trinajstić information content (AvgIpc) is 2.30. The monoisotopic (exact) mass is 238 g/mol. The highest BCUT2D eigenvalue weighted by Gasteiger charge is 2.26. The Kier molecular flexibility index (Phi) is 5.73. The van der Waals surface area contributed by atoms with Gasteiger partial charge in [-0.05, 0) is 12.8 Å². The highest BCUT2D eigenvalue weighted by Crippen LogP contribution is 2.04. The van der Waals surface area contributed by atoms with E-state index >= 15 is 0 Å². The molecule has 1 aliphatic heterocycles. The molecule has 96 valence electrons. The van der Waals surface area contributed by atoms with Gasteiger partial charge in [-0.3, -0.25) is 9.59 Å². The fourth-order valence-corrected chi connectivity index (χ4v) is 1.76. The van der Waals surface area contributed by atoms with Crippen molar-refractivity contribution in [1.29, 1.82) is 0 Å². The first-order chi connectivity index (χ1) is 8.15. The van der Waals surface area contributed by atoms with Crippen molar-refractivity contribution in [2.45, 2.75) is 32.6 Å². The Bertz CT molecular complexity index is 300. The van der Waals surface area contributed by atoms with Gasteiger partial charge in [-0.25, -0.2) is 0 Å². The molecule has 0 atom stereocenters. The number of rotatable bonds is 6. The summed E-state index contributed by atoms with van der Waals surface area (Å²) < 4.78 is 0. The smallest absolute Gasteiger partial charge is 0.242 e. The minimum atomic E-state index is 0.0176. The molecular weight excluding hydrogens is 216 g/mol. The second-order valence-corrected chi connectivity index (χ2v) is 4.49. The topological polar surface area (TPSA) is 40.6 Å². The van der Waals surface area contributed by atoms with E-state index in [-0.39, 0.29) is 24.9 Å². The predicted molar refractivity (Wildman–Crippen MR) is 67.5 cm³/mol. The van der Waals surface area contributed by atoms with E-state index in [1.165, 1.54) is 24.2 Å². The van der Waals surface area contributed by atoms with Crippen LogP contribution < -0.4 is 0 Å². The molecule has 0 bridgehead atoms. The third-order valence-electron chi connectivity index (χ3n) is 2.94. The number of piperazine rings is 1. The van der Waals surface area contributed by atoms with Gasteiger partial charge in [0.1, 0.15) is 6.54 Å². The van der Waals surface area contributed by atoms with Crippen LogP contribution in [-0.2, 0) is 9.59 Å². The van der Waals surface area contributed by atoms with E-state index in [4.69, 9.17) is 0 Å². The predicted octanol–water partition coefficient (Wildman–Crippen LogP) is 1.42. The van der Waals surface area contributed by atoms with Gasteiger partial charge in [0.2, 0.25) is 11.8 Å². The maximum Gasteiger partial charge on any atom is 0.242 e. The molecule has 1 heterocycles. The third kappa shape index (κ3) is 4.59. The van der Waals surface area contributed by atoms with Crippen LogP contribution in [0.25, 0.3) is 0 Å². The number of nitrogens with zero attached hydrogens (tertiary/aromatic N) is 2. The van der Waals surface area contributed by atoms with Crippen molar-refractivity contribution in [3.8, 4) is 0 Å². The lowest BCUT2D eigenvalue weighted by Crippen LogP contribution is -2.52. The summed E-state index contributed by atoms with van der Waals surface area (Å²) in [4.78, 5) is 26.1. The van der Waals surface area contributed by atoms with Crippen molar-refractivity contribution in [2.24, 2.45) is 0 Å². The molecule has 1 saturated heterocycles. The van der Waals surface area contributed by atoms with Gasteiger partial charge in [0.25, 0.3) is 0 Å². The van der Waals surface area contributed by atoms with Crippen LogP contribution in [-0.4, -0.2) is 48.3 Å². The number of carbonyl (C=O) groups excluding carboxylic acids is 2. The zero-order chi connectivity index (χ0) is 12.7. The maximum absolute atomic E-state index is 11.6. The second kappa shape index (κ2) is 7.09. The molecule has 17 heavy (non-hydrogen) atoms. The van der Waals surface area contributed by atoms with Crippen LogP contribution in [0.15, 0.2) is 12.2 Å². The summed E-state index contributed by atoms with van der Waals surface area (Å²) in [6.45, 7) is 3.17. The Morgan fingerprint density at radius 3 is 2.59 bits per heavy atom. The molecule has 0 aliphatic carbocycles. The summed E-state index contributed by atoms with van der Waals surface area (Å²) in [5, 5.41) is 0. The van der Waals surface area contributed by atoms with E-state index < -0.39 is 0 Å². The van der Waals surface area contributed by atoms with Crippen LogP contribution in [0, 0.1) is 0 Å². The van der Waals surface area contributed by atoms with E-state index in [2.05, 4.69) is 13.0 Å². The number of unbranched alkanes of at least 4 members (excludes halogenated alkanes) is 3. The molecule has 0 unspecified atom stereocenters. The van der Waals surface area contributed by atoms with Crippen molar-refractivity contribution < 1.29 is 9.59 Å². The van der Waals surface area contributed by atoms with Gasteiger partial charge in [-0.1, -0.05) is 31.9 Å². The molecule has 1 rings (SSSR count). The summed E-state index contributed by atoms with van der Waals surface area (Å²) in [6.07, 6.45) is 8.82. The van der Waals surface area contributed by atoms with E-state index in [0.717, 1.165) is 6.42 Å². The van der Waals surface area contributed by atoms with E-state index in [1.54, 1.807) is 11.9 Å². The summed E-state index contributed by atoms with van der Waals surface area (Å²) in [7, 11) is 1.66. The lowest BCUT2D eigenvalue weighted by molar-refractivity contribution is -0.148. The molecule has 4 heteroatoms. The molecule has 0 aromatic carbocycles. The van der Waals surface area contributed by atoms with Crippen molar-refractivity contribution in [3.63, 3.8) is 0 Å². The number of hydrogen-bond donors (Lipinski definition) is 0. The Morgan fingerprint density at radius 2 is 1.88 bits per heavy atom. The average molecular weight is 238 g/mol. The van der Waals surface area contributed by atoms with Crippen molar-refractivity contribution >= 4 is 11.8 Å². The Labute approximate surface area is 103 Å². The van der Waals surface area contributed by atoms with Gasteiger partial charge < -0.3 is 9.80 Å². The number of likely N-dealkylation sites (N-methyl/N-ethyl adjacent to an activating group) is 1. The van der Waals surface area contributed by atoms with Gasteiger partial charge in [-0.2, -0.15) is 0 Å². The fourth-order valence-electron chi connectivity index (χ4n) is 1.76. The first kappa shape index (κ1) is 13.7. The van der Waals surface area contributed by atoms with Gasteiger partial charge in [0.15, 0.2) is 0 Å². The van der Waals surface area contributed by atoms with Gasteiger partial charge >= 0.3 is 0 Å². The normalized spacial score (nSPS) is 17.3. The zero-order valence-corrected chi connectivity index (χ0v) is 10.8. The van der Waals surface area contributed by atoms with Gasteiger partial charge in [-0.15, -0.1) is 0 Å². The minimum Gasteiger partial charge on any atom is -0.335 e. The molecule has 1 fully saturated rings. The standard InChI is InChI=1S/C13H22N2O2/c1-3-4-5-6-7-8-9-15-11-12(16)14(2)10-13(15)17/h7-8H,3-6,9-11H2,1-2H3/b8-7+. The van der Waals surface area contributed by atoms with Crippen LogP contribution in [0.3, 0.4) is 0 Å². The van der Waals surface area contributed by atoms with Crippen molar-refractivity contribution in [1.82, 2.24) is 9.80 Å². The van der Waals surface area contributed by atoms with Crippen LogP contribution in [0.5, 0.6) is 0 Å².